The summed E-state index contributed by atoms with van der Waals surface area (Å²) in [5.41, 5.74) is 11.4. The summed E-state index contributed by atoms with van der Waals surface area (Å²) in [6.07, 6.45) is 0. The Balaban J connectivity index is 1.52. The van der Waals surface area contributed by atoms with E-state index in [2.05, 4.69) is 57.6 Å². The quantitative estimate of drug-likeness (QED) is 0.403. The molecule has 2 aromatic heterocycles. The molecule has 34 heavy (non-hydrogen) atoms. The summed E-state index contributed by atoms with van der Waals surface area (Å²) in [5.74, 6) is 2.31. The average molecular weight is 477 g/mol. The Labute approximate surface area is 204 Å². The van der Waals surface area contributed by atoms with E-state index in [1.165, 1.54) is 5.56 Å². The van der Waals surface area contributed by atoms with Crippen molar-refractivity contribution in [2.45, 2.75) is 25.2 Å². The van der Waals surface area contributed by atoms with Gasteiger partial charge in [0.05, 0.1) is 24.7 Å². The second-order valence-corrected chi connectivity index (χ2v) is 10.1. The molecule has 1 aliphatic heterocycles. The number of nitrogens with zero attached hydrogens (tertiary/aromatic N) is 5. The van der Waals surface area contributed by atoms with Crippen LogP contribution in [0.4, 0.5) is 5.82 Å². The van der Waals surface area contributed by atoms with Crippen LogP contribution in [-0.4, -0.2) is 70.4 Å². The van der Waals surface area contributed by atoms with Crippen LogP contribution >= 0.6 is 11.8 Å². The van der Waals surface area contributed by atoms with Gasteiger partial charge in [0.25, 0.3) is 0 Å². The molecule has 0 bridgehead atoms. The molecule has 0 spiro atoms. The highest BCUT2D eigenvalue weighted by molar-refractivity contribution is 7.99. The summed E-state index contributed by atoms with van der Waals surface area (Å²) in [5, 5.41) is 2.01. The summed E-state index contributed by atoms with van der Waals surface area (Å²) < 4.78 is 8.13. The molecule has 7 nitrogen and oxygen atoms in total. The van der Waals surface area contributed by atoms with Crippen molar-refractivity contribution in [1.29, 1.82) is 0 Å². The van der Waals surface area contributed by atoms with Gasteiger partial charge in [0, 0.05) is 43.7 Å². The number of nitrogen functional groups attached to an aromatic ring is 1. The molecular weight excluding hydrogens is 444 g/mol. The Morgan fingerprint density at radius 3 is 2.59 bits per heavy atom. The molecule has 0 atom stereocenters. The molecular formula is C26H32N6OS. The highest BCUT2D eigenvalue weighted by Gasteiger charge is 2.19. The molecule has 2 aromatic carbocycles. The normalized spacial score (nSPS) is 15.4. The molecule has 8 heteroatoms. The summed E-state index contributed by atoms with van der Waals surface area (Å²) in [6.45, 7) is 8.18. The van der Waals surface area contributed by atoms with Crippen LogP contribution in [0.5, 0.6) is 5.75 Å². The zero-order chi connectivity index (χ0) is 23.7. The van der Waals surface area contributed by atoms with E-state index in [1.807, 2.05) is 18.2 Å². The van der Waals surface area contributed by atoms with Gasteiger partial charge < -0.3 is 19.9 Å². The maximum Gasteiger partial charge on any atom is 0.169 e. The van der Waals surface area contributed by atoms with Crippen LogP contribution in [0.15, 0.2) is 47.6 Å². The topological polar surface area (TPSA) is 72.4 Å². The lowest BCUT2D eigenvalue weighted by atomic mass is 10.1. The van der Waals surface area contributed by atoms with E-state index in [0.29, 0.717) is 12.4 Å². The predicted octanol–water partition coefficient (Wildman–Crippen LogP) is 4.08. The first-order chi connectivity index (χ1) is 16.6. The number of thioether (sulfide) groups is 1. The Hall–Kier alpha value is -2.81. The van der Waals surface area contributed by atoms with Crippen molar-refractivity contribution in [3.63, 3.8) is 0 Å². The lowest BCUT2D eigenvalue weighted by molar-refractivity contribution is 0.148. The first kappa shape index (κ1) is 23.0. The number of nitrogens with two attached hydrogens (primary N) is 1. The van der Waals surface area contributed by atoms with E-state index >= 15 is 0 Å². The lowest BCUT2D eigenvalue weighted by Gasteiger charge is -2.32. The zero-order valence-corrected chi connectivity index (χ0v) is 20.9. The standard InChI is InChI=1S/C26H32N6OS/c1-4-34-26-29-23-24(20-7-5-6-8-21(20)28-25(23)27)32(26)17-19-10-9-18(15-22(19)33-3)16-31-13-11-30(2)12-14-31/h5-10,15H,4,11-14,16-17H2,1-3H3,(H2,27,28). The molecule has 0 saturated carbocycles. The van der Waals surface area contributed by atoms with Crippen LogP contribution < -0.4 is 10.5 Å². The predicted molar refractivity (Wildman–Crippen MR) is 141 cm³/mol. The maximum absolute atomic E-state index is 6.34. The van der Waals surface area contributed by atoms with Gasteiger partial charge in [-0.1, -0.05) is 49.0 Å². The Kier molecular flexibility index (Phi) is 6.63. The molecule has 1 saturated heterocycles. The van der Waals surface area contributed by atoms with Crippen molar-refractivity contribution < 1.29 is 4.74 Å². The fraction of sp³-hybridized carbons (Fsp3) is 0.385. The number of ether oxygens (including phenoxy) is 1. The van der Waals surface area contributed by atoms with Crippen molar-refractivity contribution in [1.82, 2.24) is 24.3 Å². The van der Waals surface area contributed by atoms with Crippen molar-refractivity contribution >= 4 is 39.5 Å². The number of methoxy groups -OCH3 is 1. The second kappa shape index (κ2) is 9.82. The summed E-state index contributed by atoms with van der Waals surface area (Å²) in [7, 11) is 3.94. The van der Waals surface area contributed by atoms with E-state index in [-0.39, 0.29) is 0 Å². The average Bonchev–Trinajstić information content (AvgIpc) is 3.20. The van der Waals surface area contributed by atoms with Gasteiger partial charge in [0.1, 0.15) is 11.3 Å². The van der Waals surface area contributed by atoms with Gasteiger partial charge in [-0.05, 0) is 30.5 Å². The van der Waals surface area contributed by atoms with E-state index in [9.17, 15) is 0 Å². The number of likely N-dealkylation sites (N-methyl/N-ethyl adjacent to an activating group) is 1. The highest BCUT2D eigenvalue weighted by Crippen LogP contribution is 2.34. The molecule has 0 unspecified atom stereocenters. The summed E-state index contributed by atoms with van der Waals surface area (Å²) >= 11 is 1.72. The molecule has 1 fully saturated rings. The highest BCUT2D eigenvalue weighted by atomic mass is 32.2. The minimum Gasteiger partial charge on any atom is -0.496 e. The largest absolute Gasteiger partial charge is 0.496 e. The number of pyridine rings is 1. The molecule has 2 N–H and O–H groups in total. The number of piperazine rings is 1. The van der Waals surface area contributed by atoms with E-state index < -0.39 is 0 Å². The maximum atomic E-state index is 6.34. The first-order valence-corrected chi connectivity index (χ1v) is 12.8. The summed E-state index contributed by atoms with van der Waals surface area (Å²) in [4.78, 5) is 14.4. The minimum atomic E-state index is 0.472. The number of hydrogen-bond acceptors (Lipinski definition) is 7. The van der Waals surface area contributed by atoms with Gasteiger partial charge in [-0.3, -0.25) is 4.90 Å². The van der Waals surface area contributed by atoms with Crippen LogP contribution in [0.2, 0.25) is 0 Å². The number of imidazole rings is 1. The monoisotopic (exact) mass is 476 g/mol. The number of benzene rings is 2. The number of anilines is 1. The van der Waals surface area contributed by atoms with Crippen molar-refractivity contribution in [2.24, 2.45) is 0 Å². The smallest absolute Gasteiger partial charge is 0.169 e. The SMILES string of the molecule is CCSc1nc2c(N)nc3ccccc3c2n1Cc1ccc(CN2CCN(C)CC2)cc1OC. The van der Waals surface area contributed by atoms with Gasteiger partial charge in [0.2, 0.25) is 0 Å². The van der Waals surface area contributed by atoms with Crippen molar-refractivity contribution in [2.75, 3.05) is 51.8 Å². The van der Waals surface area contributed by atoms with Crippen LogP contribution in [0.25, 0.3) is 21.9 Å². The third-order valence-corrected chi connectivity index (χ3v) is 7.39. The fourth-order valence-electron chi connectivity index (χ4n) is 4.68. The zero-order valence-electron chi connectivity index (χ0n) is 20.1. The van der Waals surface area contributed by atoms with Crippen molar-refractivity contribution in [3.05, 3.63) is 53.6 Å². The first-order valence-electron chi connectivity index (χ1n) is 11.8. The number of hydrogen-bond donors (Lipinski definition) is 1. The van der Waals surface area contributed by atoms with E-state index in [0.717, 1.165) is 76.9 Å². The van der Waals surface area contributed by atoms with Crippen LogP contribution in [0.1, 0.15) is 18.1 Å². The third-order valence-electron chi connectivity index (χ3n) is 6.53. The Bertz CT molecular complexity index is 1310. The van der Waals surface area contributed by atoms with Crippen LogP contribution in [0.3, 0.4) is 0 Å². The van der Waals surface area contributed by atoms with Gasteiger partial charge in [-0.25, -0.2) is 9.97 Å². The molecule has 4 aromatic rings. The molecule has 0 amide bonds. The van der Waals surface area contributed by atoms with Crippen LogP contribution in [0, 0.1) is 0 Å². The molecule has 0 radical (unpaired) electrons. The molecule has 3 heterocycles. The molecule has 5 rings (SSSR count). The minimum absolute atomic E-state index is 0.472. The number of aromatic nitrogens is 3. The lowest BCUT2D eigenvalue weighted by Crippen LogP contribution is -2.43. The number of fused-ring (bicyclic) bond motifs is 3. The van der Waals surface area contributed by atoms with E-state index in [4.69, 9.17) is 15.5 Å². The van der Waals surface area contributed by atoms with Gasteiger partial charge in [-0.2, -0.15) is 0 Å². The van der Waals surface area contributed by atoms with Gasteiger partial charge >= 0.3 is 0 Å². The van der Waals surface area contributed by atoms with Gasteiger partial charge in [-0.15, -0.1) is 0 Å². The Morgan fingerprint density at radius 2 is 1.82 bits per heavy atom. The molecule has 178 valence electrons. The number of rotatable bonds is 7. The summed E-state index contributed by atoms with van der Waals surface area (Å²) in [6, 6.07) is 14.7. The third kappa shape index (κ3) is 4.45. The van der Waals surface area contributed by atoms with Crippen LogP contribution in [-0.2, 0) is 13.1 Å². The fourth-order valence-corrected chi connectivity index (χ4v) is 5.40. The van der Waals surface area contributed by atoms with Gasteiger partial charge in [0.15, 0.2) is 11.0 Å². The molecule has 1 aliphatic rings. The Morgan fingerprint density at radius 1 is 1.03 bits per heavy atom. The molecule has 0 aliphatic carbocycles. The van der Waals surface area contributed by atoms with E-state index in [1.54, 1.807) is 18.9 Å². The number of para-hydroxylation sites is 1. The second-order valence-electron chi connectivity index (χ2n) is 8.85. The van der Waals surface area contributed by atoms with Crippen molar-refractivity contribution in [3.8, 4) is 5.75 Å².